The SMILES string of the molecule is [CH2+]COC(=O)C(=O)CC(=O)c1ccccc1F. The summed E-state index contributed by atoms with van der Waals surface area (Å²) in [6.45, 7) is 3.02. The first-order chi connectivity index (χ1) is 8.06. The number of hydrogen-bond acceptors (Lipinski definition) is 4. The third-order valence-corrected chi connectivity index (χ3v) is 1.96. The van der Waals surface area contributed by atoms with Gasteiger partial charge in [-0.25, -0.2) is 9.18 Å². The number of carbonyl (C=O) groups is 3. The van der Waals surface area contributed by atoms with Crippen molar-refractivity contribution < 1.29 is 23.5 Å². The molecular formula is C12H10FO4+. The molecule has 0 N–H and O–H groups in total. The molecule has 1 rings (SSSR count). The van der Waals surface area contributed by atoms with Gasteiger partial charge in [-0.2, -0.15) is 0 Å². The molecule has 0 bridgehead atoms. The fourth-order valence-electron chi connectivity index (χ4n) is 1.17. The van der Waals surface area contributed by atoms with Crippen LogP contribution in [0.25, 0.3) is 0 Å². The maximum Gasteiger partial charge on any atom is 0.378 e. The zero-order valence-corrected chi connectivity index (χ0v) is 8.94. The lowest BCUT2D eigenvalue weighted by atomic mass is 10.1. The molecule has 1 aromatic rings. The summed E-state index contributed by atoms with van der Waals surface area (Å²) in [6.07, 6.45) is -0.709. The predicted octanol–water partition coefficient (Wildman–Crippen LogP) is 1.34. The molecule has 0 aliphatic rings. The fraction of sp³-hybridized carbons (Fsp3) is 0.167. The van der Waals surface area contributed by atoms with Gasteiger partial charge in [0.2, 0.25) is 12.4 Å². The molecule has 0 amide bonds. The highest BCUT2D eigenvalue weighted by Gasteiger charge is 2.21. The maximum absolute atomic E-state index is 13.2. The van der Waals surface area contributed by atoms with E-state index in [0.717, 1.165) is 6.07 Å². The maximum atomic E-state index is 13.2. The van der Waals surface area contributed by atoms with E-state index in [1.165, 1.54) is 18.2 Å². The number of hydrogen-bond donors (Lipinski definition) is 0. The number of halogens is 1. The van der Waals surface area contributed by atoms with Crippen molar-refractivity contribution in [2.75, 3.05) is 6.61 Å². The van der Waals surface area contributed by atoms with Crippen LogP contribution in [0.1, 0.15) is 16.8 Å². The standard InChI is InChI=1S/C12H10FO4/c1-2-17-12(16)11(15)7-10(14)8-5-3-4-6-9(8)13/h3-6H,1-2,7H2/q+1. The van der Waals surface area contributed by atoms with Crippen LogP contribution in [0.5, 0.6) is 0 Å². The second kappa shape index (κ2) is 5.79. The lowest BCUT2D eigenvalue weighted by Gasteiger charge is -2.01. The van der Waals surface area contributed by atoms with E-state index in [0.29, 0.717) is 0 Å². The molecule has 0 atom stereocenters. The first-order valence-corrected chi connectivity index (χ1v) is 4.83. The molecule has 0 aliphatic heterocycles. The minimum absolute atomic E-state index is 0.196. The van der Waals surface area contributed by atoms with E-state index in [9.17, 15) is 18.8 Å². The monoisotopic (exact) mass is 237 g/mol. The van der Waals surface area contributed by atoms with Crippen LogP contribution in [-0.4, -0.2) is 24.1 Å². The second-order valence-corrected chi connectivity index (χ2v) is 3.14. The van der Waals surface area contributed by atoms with Crippen molar-refractivity contribution >= 4 is 17.5 Å². The largest absolute Gasteiger partial charge is 0.418 e. The fourth-order valence-corrected chi connectivity index (χ4v) is 1.17. The number of rotatable bonds is 5. The molecule has 0 aromatic heterocycles. The van der Waals surface area contributed by atoms with Crippen molar-refractivity contribution in [1.29, 1.82) is 0 Å². The molecule has 0 heterocycles. The summed E-state index contributed by atoms with van der Waals surface area (Å²) in [5, 5.41) is 0. The molecular weight excluding hydrogens is 227 g/mol. The molecule has 17 heavy (non-hydrogen) atoms. The Morgan fingerprint density at radius 2 is 1.88 bits per heavy atom. The van der Waals surface area contributed by atoms with Gasteiger partial charge in [-0.15, -0.1) is 0 Å². The van der Waals surface area contributed by atoms with Crippen LogP contribution in [0.4, 0.5) is 4.39 Å². The molecule has 1 aromatic carbocycles. The third-order valence-electron chi connectivity index (χ3n) is 1.96. The number of esters is 1. The summed E-state index contributed by atoms with van der Waals surface area (Å²) < 4.78 is 17.5. The Labute approximate surface area is 97.4 Å². The molecule has 0 aliphatic carbocycles. The van der Waals surface area contributed by atoms with Gasteiger partial charge >= 0.3 is 5.97 Å². The summed E-state index contributed by atoms with van der Waals surface area (Å²) in [6, 6.07) is 5.24. The van der Waals surface area contributed by atoms with Crippen LogP contribution >= 0.6 is 0 Å². The van der Waals surface area contributed by atoms with Gasteiger partial charge in [0, 0.05) is 0 Å². The summed E-state index contributed by atoms with van der Waals surface area (Å²) in [4.78, 5) is 33.6. The lowest BCUT2D eigenvalue weighted by Crippen LogP contribution is -2.21. The minimum Gasteiger partial charge on any atom is -0.418 e. The number of carbonyl (C=O) groups excluding carboxylic acids is 3. The highest BCUT2D eigenvalue weighted by molar-refractivity contribution is 6.38. The van der Waals surface area contributed by atoms with Crippen LogP contribution in [0.2, 0.25) is 0 Å². The van der Waals surface area contributed by atoms with E-state index in [2.05, 4.69) is 11.7 Å². The van der Waals surface area contributed by atoms with Gasteiger partial charge in [-0.3, -0.25) is 9.59 Å². The first-order valence-electron chi connectivity index (χ1n) is 4.83. The van der Waals surface area contributed by atoms with Crippen LogP contribution in [0.3, 0.4) is 0 Å². The number of ketones is 2. The van der Waals surface area contributed by atoms with E-state index < -0.39 is 29.8 Å². The first kappa shape index (κ1) is 12.9. The summed E-state index contributed by atoms with van der Waals surface area (Å²) in [7, 11) is 0. The molecule has 0 radical (unpaired) electrons. The van der Waals surface area contributed by atoms with Gasteiger partial charge in [-0.1, -0.05) is 12.1 Å². The molecule has 0 spiro atoms. The zero-order chi connectivity index (χ0) is 12.8. The van der Waals surface area contributed by atoms with Gasteiger partial charge in [-0.05, 0) is 12.1 Å². The number of benzene rings is 1. The Morgan fingerprint density at radius 3 is 2.47 bits per heavy atom. The molecule has 0 saturated heterocycles. The van der Waals surface area contributed by atoms with Crippen molar-refractivity contribution in [1.82, 2.24) is 0 Å². The normalized spacial score (nSPS) is 9.71. The molecule has 5 heteroatoms. The van der Waals surface area contributed by atoms with E-state index in [4.69, 9.17) is 0 Å². The van der Waals surface area contributed by atoms with Crippen molar-refractivity contribution in [3.8, 4) is 0 Å². The Balaban J connectivity index is 2.71. The van der Waals surface area contributed by atoms with Gasteiger partial charge in [0.25, 0.3) is 0 Å². The summed E-state index contributed by atoms with van der Waals surface area (Å²) >= 11 is 0. The van der Waals surface area contributed by atoms with E-state index in [1.54, 1.807) is 0 Å². The van der Waals surface area contributed by atoms with Crippen LogP contribution in [0.15, 0.2) is 24.3 Å². The van der Waals surface area contributed by atoms with E-state index >= 15 is 0 Å². The van der Waals surface area contributed by atoms with Gasteiger partial charge in [0.1, 0.15) is 12.7 Å². The molecule has 0 fully saturated rings. The Morgan fingerprint density at radius 1 is 1.24 bits per heavy atom. The Kier molecular flexibility index (Phi) is 4.39. The third kappa shape index (κ3) is 3.41. The molecule has 0 saturated carbocycles. The summed E-state index contributed by atoms with van der Waals surface area (Å²) in [5.74, 6) is -3.63. The van der Waals surface area contributed by atoms with Gasteiger partial charge in [0.15, 0.2) is 5.78 Å². The topological polar surface area (TPSA) is 60.4 Å². The lowest BCUT2D eigenvalue weighted by molar-refractivity contribution is -0.152. The van der Waals surface area contributed by atoms with Crippen LogP contribution in [0, 0.1) is 12.7 Å². The van der Waals surface area contributed by atoms with E-state index in [-0.39, 0.29) is 12.2 Å². The quantitative estimate of drug-likeness (QED) is 0.255. The van der Waals surface area contributed by atoms with Crippen LogP contribution < -0.4 is 0 Å². The zero-order valence-electron chi connectivity index (χ0n) is 8.94. The second-order valence-electron chi connectivity index (χ2n) is 3.14. The van der Waals surface area contributed by atoms with E-state index in [1.807, 2.05) is 0 Å². The van der Waals surface area contributed by atoms with Gasteiger partial charge in [0.05, 0.1) is 12.0 Å². The Bertz CT molecular complexity index is 454. The highest BCUT2D eigenvalue weighted by atomic mass is 19.1. The van der Waals surface area contributed by atoms with Gasteiger partial charge < -0.3 is 4.74 Å². The van der Waals surface area contributed by atoms with Crippen molar-refractivity contribution in [2.24, 2.45) is 0 Å². The Hall–Kier alpha value is -2.17. The predicted molar refractivity (Wildman–Crippen MR) is 56.7 cm³/mol. The average Bonchev–Trinajstić information content (AvgIpc) is 2.29. The molecule has 88 valence electrons. The molecule has 0 unspecified atom stereocenters. The number of Topliss-reactive ketones (excluding diaryl/α,β-unsaturated/α-hetero) is 2. The van der Waals surface area contributed by atoms with Crippen molar-refractivity contribution in [3.05, 3.63) is 42.6 Å². The van der Waals surface area contributed by atoms with Crippen LogP contribution in [-0.2, 0) is 14.3 Å². The van der Waals surface area contributed by atoms with Crippen molar-refractivity contribution in [3.63, 3.8) is 0 Å². The summed E-state index contributed by atoms with van der Waals surface area (Å²) in [5.41, 5.74) is -0.219. The highest BCUT2D eigenvalue weighted by Crippen LogP contribution is 2.09. The van der Waals surface area contributed by atoms with Crippen molar-refractivity contribution in [2.45, 2.75) is 6.42 Å². The molecule has 4 nitrogen and oxygen atoms in total. The smallest absolute Gasteiger partial charge is 0.378 e. The number of ether oxygens (including phenoxy) is 1. The average molecular weight is 237 g/mol. The minimum atomic E-state index is -1.13.